The van der Waals surface area contributed by atoms with Crippen LogP contribution in [0.2, 0.25) is 0 Å². The molecule has 0 radical (unpaired) electrons. The third-order valence-electron chi connectivity index (χ3n) is 2.64. The minimum Gasteiger partial charge on any atom is -0.364 e. The van der Waals surface area contributed by atoms with Gasteiger partial charge < -0.3 is 15.4 Å². The standard InChI is InChI=1S/C12H14N4O2/c1-15-9-14-12(16(17)18)11(15)13-8-7-10-5-3-2-4-6-10/h2-6,9,13H,7-8H2,1H3. The Morgan fingerprint density at radius 1 is 1.39 bits per heavy atom. The lowest BCUT2D eigenvalue weighted by Crippen LogP contribution is -2.09. The number of aryl methyl sites for hydroxylation is 1. The highest BCUT2D eigenvalue weighted by Gasteiger charge is 2.19. The molecule has 0 bridgehead atoms. The van der Waals surface area contributed by atoms with Gasteiger partial charge in [0, 0.05) is 13.6 Å². The highest BCUT2D eigenvalue weighted by molar-refractivity contribution is 5.52. The smallest absolute Gasteiger partial charge is 0.364 e. The topological polar surface area (TPSA) is 73.0 Å². The van der Waals surface area contributed by atoms with Gasteiger partial charge in [0.2, 0.25) is 12.1 Å². The number of anilines is 1. The van der Waals surface area contributed by atoms with Crippen molar-refractivity contribution in [2.75, 3.05) is 11.9 Å². The van der Waals surface area contributed by atoms with E-state index in [0.717, 1.165) is 6.42 Å². The van der Waals surface area contributed by atoms with Crippen molar-refractivity contribution < 1.29 is 4.92 Å². The van der Waals surface area contributed by atoms with E-state index >= 15 is 0 Å². The van der Waals surface area contributed by atoms with Crippen LogP contribution in [0.15, 0.2) is 36.7 Å². The Bertz CT molecular complexity index is 536. The summed E-state index contributed by atoms with van der Waals surface area (Å²) in [7, 11) is 1.73. The summed E-state index contributed by atoms with van der Waals surface area (Å²) in [6, 6.07) is 9.96. The maximum Gasteiger partial charge on any atom is 0.406 e. The molecule has 18 heavy (non-hydrogen) atoms. The van der Waals surface area contributed by atoms with Crippen LogP contribution in [0.5, 0.6) is 0 Å². The van der Waals surface area contributed by atoms with Crippen LogP contribution in [0, 0.1) is 10.1 Å². The van der Waals surface area contributed by atoms with Crippen LogP contribution in [0.4, 0.5) is 11.6 Å². The average molecular weight is 246 g/mol. The van der Waals surface area contributed by atoms with Crippen molar-refractivity contribution in [3.63, 3.8) is 0 Å². The number of hydrogen-bond acceptors (Lipinski definition) is 4. The summed E-state index contributed by atoms with van der Waals surface area (Å²) in [5.41, 5.74) is 1.19. The third kappa shape index (κ3) is 2.65. The molecule has 2 aromatic rings. The van der Waals surface area contributed by atoms with E-state index in [1.54, 1.807) is 11.6 Å². The van der Waals surface area contributed by atoms with Crippen molar-refractivity contribution in [2.45, 2.75) is 6.42 Å². The Kier molecular flexibility index (Phi) is 3.57. The van der Waals surface area contributed by atoms with E-state index in [1.807, 2.05) is 30.3 Å². The van der Waals surface area contributed by atoms with Gasteiger partial charge in [0.25, 0.3) is 0 Å². The highest BCUT2D eigenvalue weighted by atomic mass is 16.6. The highest BCUT2D eigenvalue weighted by Crippen LogP contribution is 2.20. The monoisotopic (exact) mass is 246 g/mol. The van der Waals surface area contributed by atoms with Crippen molar-refractivity contribution in [3.8, 4) is 0 Å². The predicted molar refractivity (Wildman–Crippen MR) is 68.5 cm³/mol. The molecule has 1 aromatic carbocycles. The molecule has 0 saturated carbocycles. The van der Waals surface area contributed by atoms with Crippen LogP contribution >= 0.6 is 0 Å². The zero-order chi connectivity index (χ0) is 13.0. The molecule has 0 aliphatic heterocycles. The minimum atomic E-state index is -0.481. The number of nitrogens with zero attached hydrogens (tertiary/aromatic N) is 3. The molecular weight excluding hydrogens is 232 g/mol. The lowest BCUT2D eigenvalue weighted by atomic mass is 10.1. The summed E-state index contributed by atoms with van der Waals surface area (Å²) in [6.07, 6.45) is 2.24. The second-order valence-electron chi connectivity index (χ2n) is 3.95. The second kappa shape index (κ2) is 5.31. The lowest BCUT2D eigenvalue weighted by molar-refractivity contribution is -0.388. The van der Waals surface area contributed by atoms with E-state index in [9.17, 15) is 10.1 Å². The number of aromatic nitrogens is 2. The first-order valence-corrected chi connectivity index (χ1v) is 5.62. The van der Waals surface area contributed by atoms with E-state index in [-0.39, 0.29) is 5.82 Å². The largest absolute Gasteiger partial charge is 0.406 e. The zero-order valence-electron chi connectivity index (χ0n) is 10.0. The molecule has 1 N–H and O–H groups in total. The number of nitro groups is 1. The van der Waals surface area contributed by atoms with Gasteiger partial charge in [0.05, 0.1) is 0 Å². The van der Waals surface area contributed by atoms with Gasteiger partial charge in [-0.1, -0.05) is 30.3 Å². The van der Waals surface area contributed by atoms with Gasteiger partial charge in [0.15, 0.2) is 0 Å². The van der Waals surface area contributed by atoms with Gasteiger partial charge in [-0.25, -0.2) is 0 Å². The number of hydrogen-bond donors (Lipinski definition) is 1. The predicted octanol–water partition coefficient (Wildman–Crippen LogP) is 1.98. The molecule has 0 amide bonds. The van der Waals surface area contributed by atoms with Crippen LogP contribution in [-0.4, -0.2) is 21.0 Å². The van der Waals surface area contributed by atoms with Gasteiger partial charge >= 0.3 is 5.82 Å². The Labute approximate surface area is 104 Å². The Morgan fingerprint density at radius 3 is 2.78 bits per heavy atom. The molecule has 0 unspecified atom stereocenters. The van der Waals surface area contributed by atoms with Crippen molar-refractivity contribution in [2.24, 2.45) is 7.05 Å². The second-order valence-corrected chi connectivity index (χ2v) is 3.95. The molecule has 0 atom stereocenters. The molecule has 2 rings (SSSR count). The number of imidazole rings is 1. The molecular formula is C12H14N4O2. The summed E-state index contributed by atoms with van der Waals surface area (Å²) in [5, 5.41) is 13.8. The molecule has 0 fully saturated rings. The first kappa shape index (κ1) is 12.1. The minimum absolute atomic E-state index is 0.134. The third-order valence-corrected chi connectivity index (χ3v) is 2.64. The molecule has 1 heterocycles. The van der Waals surface area contributed by atoms with Gasteiger partial charge in [-0.3, -0.25) is 4.57 Å². The first-order chi connectivity index (χ1) is 8.68. The maximum absolute atomic E-state index is 10.8. The van der Waals surface area contributed by atoms with Gasteiger partial charge in [-0.15, -0.1) is 0 Å². The molecule has 94 valence electrons. The van der Waals surface area contributed by atoms with Crippen molar-refractivity contribution in [1.82, 2.24) is 9.55 Å². The van der Waals surface area contributed by atoms with E-state index in [2.05, 4.69) is 10.3 Å². The lowest BCUT2D eigenvalue weighted by Gasteiger charge is -2.06. The molecule has 0 saturated heterocycles. The van der Waals surface area contributed by atoms with E-state index in [4.69, 9.17) is 0 Å². The van der Waals surface area contributed by atoms with E-state index in [0.29, 0.717) is 12.4 Å². The van der Waals surface area contributed by atoms with E-state index in [1.165, 1.54) is 11.9 Å². The van der Waals surface area contributed by atoms with Crippen LogP contribution in [-0.2, 0) is 13.5 Å². The van der Waals surface area contributed by atoms with Gasteiger partial charge in [0.1, 0.15) is 0 Å². The van der Waals surface area contributed by atoms with Crippen LogP contribution < -0.4 is 5.32 Å². The molecule has 0 aliphatic carbocycles. The summed E-state index contributed by atoms with van der Waals surface area (Å²) in [5.74, 6) is 0.307. The summed E-state index contributed by atoms with van der Waals surface area (Å²) in [6.45, 7) is 0.629. The van der Waals surface area contributed by atoms with Crippen molar-refractivity contribution >= 4 is 11.6 Å². The van der Waals surface area contributed by atoms with Gasteiger partial charge in [-0.05, 0) is 21.9 Å². The average Bonchev–Trinajstić information content (AvgIpc) is 2.73. The number of nitrogens with one attached hydrogen (secondary N) is 1. The normalized spacial score (nSPS) is 10.3. The van der Waals surface area contributed by atoms with Crippen molar-refractivity contribution in [3.05, 3.63) is 52.3 Å². The number of rotatable bonds is 5. The van der Waals surface area contributed by atoms with Crippen LogP contribution in [0.25, 0.3) is 0 Å². The molecule has 6 nitrogen and oxygen atoms in total. The van der Waals surface area contributed by atoms with Gasteiger partial charge in [-0.2, -0.15) is 0 Å². The quantitative estimate of drug-likeness (QED) is 0.646. The molecule has 1 aromatic heterocycles. The Morgan fingerprint density at radius 2 is 2.11 bits per heavy atom. The Balaban J connectivity index is 1.98. The number of benzene rings is 1. The van der Waals surface area contributed by atoms with Crippen molar-refractivity contribution in [1.29, 1.82) is 0 Å². The Hall–Kier alpha value is -2.37. The maximum atomic E-state index is 10.8. The fraction of sp³-hybridized carbons (Fsp3) is 0.250. The summed E-state index contributed by atoms with van der Waals surface area (Å²) >= 11 is 0. The van der Waals surface area contributed by atoms with Crippen LogP contribution in [0.1, 0.15) is 5.56 Å². The molecule has 6 heteroatoms. The fourth-order valence-corrected chi connectivity index (χ4v) is 1.73. The SMILES string of the molecule is Cn1cnc([N+](=O)[O-])c1NCCc1ccccc1. The van der Waals surface area contributed by atoms with Crippen LogP contribution in [0.3, 0.4) is 0 Å². The van der Waals surface area contributed by atoms with E-state index < -0.39 is 4.92 Å². The first-order valence-electron chi connectivity index (χ1n) is 5.62. The summed E-state index contributed by atoms with van der Waals surface area (Å²) < 4.78 is 1.61. The summed E-state index contributed by atoms with van der Waals surface area (Å²) in [4.78, 5) is 14.0. The fourth-order valence-electron chi connectivity index (χ4n) is 1.73. The zero-order valence-corrected chi connectivity index (χ0v) is 10.0. The molecule has 0 spiro atoms. The molecule has 0 aliphatic rings.